The molecule has 27 heavy (non-hydrogen) atoms. The van der Waals surface area contributed by atoms with Gasteiger partial charge in [-0.1, -0.05) is 23.8 Å². The van der Waals surface area contributed by atoms with Crippen molar-refractivity contribution >= 4 is 17.6 Å². The Morgan fingerprint density at radius 2 is 1.85 bits per heavy atom. The number of ether oxygens (including phenoxy) is 1. The summed E-state index contributed by atoms with van der Waals surface area (Å²) in [4.78, 5) is 36.9. The highest BCUT2D eigenvalue weighted by Crippen LogP contribution is 2.36. The van der Waals surface area contributed by atoms with Crippen molar-refractivity contribution in [2.24, 2.45) is 0 Å². The standard InChI is InChI=1S/C19H19N3O5/c1-12-4-9-16(27-3)15(10-12)19(2)17(23)21(18(24)20-19)11-13-5-7-14(8-6-13)22(25)26/h4-10H,11H2,1-3H3,(H,20,24)/t19-/m0/s1. The highest BCUT2D eigenvalue weighted by molar-refractivity contribution is 6.07. The summed E-state index contributed by atoms with van der Waals surface area (Å²) in [6.45, 7) is 3.55. The Bertz CT molecular complexity index is 925. The van der Waals surface area contributed by atoms with Crippen molar-refractivity contribution in [2.75, 3.05) is 7.11 Å². The molecule has 2 aromatic rings. The number of nitro groups is 1. The lowest BCUT2D eigenvalue weighted by Gasteiger charge is -2.24. The van der Waals surface area contributed by atoms with Crippen LogP contribution in [0, 0.1) is 17.0 Å². The summed E-state index contributed by atoms with van der Waals surface area (Å²) in [7, 11) is 1.51. The number of nitrogens with zero attached hydrogens (tertiary/aromatic N) is 2. The molecule has 1 aliphatic heterocycles. The highest BCUT2D eigenvalue weighted by Gasteiger charge is 2.50. The summed E-state index contributed by atoms with van der Waals surface area (Å²) in [5.74, 6) is 0.101. The topological polar surface area (TPSA) is 102 Å². The minimum atomic E-state index is -1.25. The summed E-state index contributed by atoms with van der Waals surface area (Å²) >= 11 is 0. The van der Waals surface area contributed by atoms with Crippen molar-refractivity contribution in [1.82, 2.24) is 10.2 Å². The molecule has 0 aromatic heterocycles. The zero-order valence-corrected chi connectivity index (χ0v) is 15.2. The van der Waals surface area contributed by atoms with E-state index >= 15 is 0 Å². The van der Waals surface area contributed by atoms with E-state index in [1.54, 1.807) is 13.0 Å². The number of aryl methyl sites for hydroxylation is 1. The minimum absolute atomic E-state index is 0.0202. The van der Waals surface area contributed by atoms with E-state index in [0.717, 1.165) is 10.5 Å². The molecule has 2 aromatic carbocycles. The summed E-state index contributed by atoms with van der Waals surface area (Å²) < 4.78 is 5.36. The first-order valence-corrected chi connectivity index (χ1v) is 8.29. The molecule has 1 fully saturated rings. The molecule has 0 unspecified atom stereocenters. The first-order chi connectivity index (χ1) is 12.8. The fourth-order valence-electron chi connectivity index (χ4n) is 3.14. The first-order valence-electron chi connectivity index (χ1n) is 8.29. The average molecular weight is 369 g/mol. The molecule has 0 spiro atoms. The van der Waals surface area contributed by atoms with Gasteiger partial charge in [-0.3, -0.25) is 19.8 Å². The second-order valence-corrected chi connectivity index (χ2v) is 6.57. The minimum Gasteiger partial charge on any atom is -0.496 e. The van der Waals surface area contributed by atoms with Crippen LogP contribution in [-0.2, 0) is 16.9 Å². The summed E-state index contributed by atoms with van der Waals surface area (Å²) in [6, 6.07) is 10.7. The highest BCUT2D eigenvalue weighted by atomic mass is 16.6. The van der Waals surface area contributed by atoms with Crippen molar-refractivity contribution in [3.63, 3.8) is 0 Å². The van der Waals surface area contributed by atoms with E-state index in [9.17, 15) is 19.7 Å². The molecule has 140 valence electrons. The average Bonchev–Trinajstić information content (AvgIpc) is 2.86. The van der Waals surface area contributed by atoms with E-state index in [4.69, 9.17) is 4.74 Å². The second kappa shape index (κ2) is 6.71. The molecule has 1 heterocycles. The Hall–Kier alpha value is -3.42. The van der Waals surface area contributed by atoms with Gasteiger partial charge in [-0.05, 0) is 31.5 Å². The van der Waals surface area contributed by atoms with Crippen LogP contribution in [0.4, 0.5) is 10.5 Å². The summed E-state index contributed by atoms with van der Waals surface area (Å²) in [5, 5.41) is 13.5. The van der Waals surface area contributed by atoms with Gasteiger partial charge < -0.3 is 10.1 Å². The third-order valence-electron chi connectivity index (χ3n) is 4.66. The number of nitro benzene ring substituents is 1. The molecule has 1 aliphatic rings. The van der Waals surface area contributed by atoms with Gasteiger partial charge in [0.15, 0.2) is 0 Å². The lowest BCUT2D eigenvalue weighted by atomic mass is 9.90. The van der Waals surface area contributed by atoms with Crippen LogP contribution in [0.5, 0.6) is 5.75 Å². The third-order valence-corrected chi connectivity index (χ3v) is 4.66. The molecule has 8 nitrogen and oxygen atoms in total. The SMILES string of the molecule is COc1ccc(C)cc1[C@]1(C)NC(=O)N(Cc2ccc([N+](=O)[O-])cc2)C1=O. The van der Waals surface area contributed by atoms with Gasteiger partial charge >= 0.3 is 6.03 Å². The van der Waals surface area contributed by atoms with Crippen molar-refractivity contribution in [2.45, 2.75) is 25.9 Å². The first kappa shape index (κ1) is 18.4. The smallest absolute Gasteiger partial charge is 0.325 e. The van der Waals surface area contributed by atoms with Crippen LogP contribution in [0.25, 0.3) is 0 Å². The van der Waals surface area contributed by atoms with E-state index in [1.165, 1.54) is 31.4 Å². The normalized spacial score (nSPS) is 19.1. The molecule has 3 rings (SSSR count). The number of urea groups is 1. The number of nitrogens with one attached hydrogen (secondary N) is 1. The van der Waals surface area contributed by atoms with Gasteiger partial charge in [-0.25, -0.2) is 4.79 Å². The van der Waals surface area contributed by atoms with E-state index in [2.05, 4.69) is 5.32 Å². The number of carbonyl (C=O) groups is 2. The maximum atomic E-state index is 13.1. The molecule has 0 radical (unpaired) electrons. The number of carbonyl (C=O) groups excluding carboxylic acids is 2. The van der Waals surface area contributed by atoms with Crippen LogP contribution in [0.15, 0.2) is 42.5 Å². The number of hydrogen-bond acceptors (Lipinski definition) is 5. The zero-order chi connectivity index (χ0) is 19.8. The number of rotatable bonds is 5. The Morgan fingerprint density at radius 1 is 1.19 bits per heavy atom. The van der Waals surface area contributed by atoms with Gasteiger partial charge in [-0.2, -0.15) is 0 Å². The van der Waals surface area contributed by atoms with Crippen LogP contribution in [0.1, 0.15) is 23.6 Å². The number of amides is 3. The van der Waals surface area contributed by atoms with Crippen LogP contribution in [0.3, 0.4) is 0 Å². The Labute approximate surface area is 155 Å². The molecular formula is C19H19N3O5. The quantitative estimate of drug-likeness (QED) is 0.496. The molecule has 1 saturated heterocycles. The van der Waals surface area contributed by atoms with Gasteiger partial charge in [0.05, 0.1) is 18.6 Å². The fourth-order valence-corrected chi connectivity index (χ4v) is 3.14. The molecule has 8 heteroatoms. The number of non-ortho nitro benzene ring substituents is 1. The summed E-state index contributed by atoms with van der Waals surface area (Å²) in [5.41, 5.74) is 0.821. The Balaban J connectivity index is 1.90. The van der Waals surface area contributed by atoms with E-state index < -0.39 is 22.4 Å². The van der Waals surface area contributed by atoms with Crippen molar-refractivity contribution < 1.29 is 19.2 Å². The Morgan fingerprint density at radius 3 is 2.44 bits per heavy atom. The maximum absolute atomic E-state index is 13.1. The lowest BCUT2D eigenvalue weighted by Crippen LogP contribution is -2.41. The van der Waals surface area contributed by atoms with Gasteiger partial charge in [0.1, 0.15) is 11.3 Å². The second-order valence-electron chi connectivity index (χ2n) is 6.57. The largest absolute Gasteiger partial charge is 0.496 e. The van der Waals surface area contributed by atoms with Gasteiger partial charge in [0.25, 0.3) is 11.6 Å². The predicted molar refractivity (Wildman–Crippen MR) is 97.3 cm³/mol. The summed E-state index contributed by atoms with van der Waals surface area (Å²) in [6.07, 6.45) is 0. The predicted octanol–water partition coefficient (Wildman–Crippen LogP) is 2.88. The fraction of sp³-hybridized carbons (Fsp3) is 0.263. The van der Waals surface area contributed by atoms with Gasteiger partial charge in [0, 0.05) is 17.7 Å². The van der Waals surface area contributed by atoms with E-state index in [-0.39, 0.29) is 12.2 Å². The third kappa shape index (κ3) is 3.21. The Kier molecular flexibility index (Phi) is 4.57. The van der Waals surface area contributed by atoms with E-state index in [1.807, 2.05) is 19.1 Å². The maximum Gasteiger partial charge on any atom is 0.325 e. The lowest BCUT2D eigenvalue weighted by molar-refractivity contribution is -0.384. The van der Waals surface area contributed by atoms with Crippen LogP contribution >= 0.6 is 0 Å². The van der Waals surface area contributed by atoms with Crippen LogP contribution < -0.4 is 10.1 Å². The van der Waals surface area contributed by atoms with Crippen molar-refractivity contribution in [3.05, 3.63) is 69.3 Å². The number of imide groups is 1. The molecule has 1 atom stereocenters. The molecule has 0 bridgehead atoms. The van der Waals surface area contributed by atoms with Crippen molar-refractivity contribution in [3.8, 4) is 5.75 Å². The van der Waals surface area contributed by atoms with Crippen molar-refractivity contribution in [1.29, 1.82) is 0 Å². The zero-order valence-electron chi connectivity index (χ0n) is 15.2. The molecule has 0 saturated carbocycles. The number of benzene rings is 2. The van der Waals surface area contributed by atoms with Crippen LogP contribution in [0.2, 0.25) is 0 Å². The monoisotopic (exact) mass is 369 g/mol. The molecule has 1 N–H and O–H groups in total. The molecule has 3 amide bonds. The molecule has 0 aliphatic carbocycles. The van der Waals surface area contributed by atoms with Gasteiger partial charge in [-0.15, -0.1) is 0 Å². The van der Waals surface area contributed by atoms with Crippen LogP contribution in [-0.4, -0.2) is 28.9 Å². The van der Waals surface area contributed by atoms with Gasteiger partial charge in [0.2, 0.25) is 0 Å². The number of methoxy groups -OCH3 is 1. The van der Waals surface area contributed by atoms with E-state index in [0.29, 0.717) is 16.9 Å². The number of hydrogen-bond donors (Lipinski definition) is 1. The molecular weight excluding hydrogens is 350 g/mol.